The summed E-state index contributed by atoms with van der Waals surface area (Å²) in [4.78, 5) is 16.2. The largest absolute Gasteiger partial charge is 0.302 e. The van der Waals surface area contributed by atoms with Crippen LogP contribution in [0.25, 0.3) is 11.3 Å². The molecule has 21 heavy (non-hydrogen) atoms. The summed E-state index contributed by atoms with van der Waals surface area (Å²) in [6.07, 6.45) is 0.526. The average Bonchev–Trinajstić information content (AvgIpc) is 2.86. The number of nitrogens with zero attached hydrogens (tertiary/aromatic N) is 1. The number of nitrogens with one attached hydrogen (secondary N) is 1. The lowest BCUT2D eigenvalue weighted by Crippen LogP contribution is -2.13. The molecule has 0 saturated heterocycles. The second-order valence-corrected chi connectivity index (χ2v) is 6.82. The Morgan fingerprint density at radius 1 is 1.19 bits per heavy atom. The molecule has 1 N–H and O–H groups in total. The van der Waals surface area contributed by atoms with Gasteiger partial charge in [-0.3, -0.25) is 4.79 Å². The van der Waals surface area contributed by atoms with Crippen LogP contribution in [0.4, 0.5) is 5.13 Å². The summed E-state index contributed by atoms with van der Waals surface area (Å²) in [7, 11) is 0. The van der Waals surface area contributed by atoms with Crippen molar-refractivity contribution in [2.75, 3.05) is 5.32 Å². The number of thiazole rings is 1. The summed E-state index contributed by atoms with van der Waals surface area (Å²) < 4.78 is 0. The minimum Gasteiger partial charge on any atom is -0.302 e. The predicted molar refractivity (Wildman–Crippen MR) is 89.7 cm³/mol. The van der Waals surface area contributed by atoms with Gasteiger partial charge in [0.15, 0.2) is 5.13 Å². The number of rotatable bonds is 5. The highest BCUT2D eigenvalue weighted by atomic mass is 32.1. The number of carbonyl (C=O) groups excluding carboxylic acids is 1. The minimum absolute atomic E-state index is 0.0288. The number of hydrogen-bond acceptors (Lipinski definition) is 3. The van der Waals surface area contributed by atoms with E-state index in [-0.39, 0.29) is 5.91 Å². The monoisotopic (exact) mass is 302 g/mol. The molecule has 112 valence electrons. The van der Waals surface area contributed by atoms with Crippen molar-refractivity contribution in [2.24, 2.45) is 5.92 Å². The van der Waals surface area contributed by atoms with E-state index in [9.17, 15) is 4.79 Å². The van der Waals surface area contributed by atoms with Crippen LogP contribution >= 0.6 is 11.3 Å². The molecule has 3 nitrogen and oxygen atoms in total. The van der Waals surface area contributed by atoms with E-state index in [1.165, 1.54) is 16.9 Å². The molecule has 0 unspecified atom stereocenters. The van der Waals surface area contributed by atoms with Crippen molar-refractivity contribution in [3.05, 3.63) is 35.2 Å². The van der Waals surface area contributed by atoms with Crippen molar-refractivity contribution in [1.29, 1.82) is 0 Å². The first-order valence-corrected chi connectivity index (χ1v) is 8.19. The molecule has 1 aromatic heterocycles. The Labute approximate surface area is 130 Å². The Kier molecular flexibility index (Phi) is 5.12. The second-order valence-electron chi connectivity index (χ2n) is 5.96. The normalized spacial score (nSPS) is 11.1. The Hall–Kier alpha value is -1.68. The lowest BCUT2D eigenvalue weighted by Gasteiger charge is -2.05. The van der Waals surface area contributed by atoms with E-state index in [4.69, 9.17) is 0 Å². The Balaban J connectivity index is 2.07. The molecule has 4 heteroatoms. The third-order valence-corrected chi connectivity index (χ3v) is 3.98. The zero-order chi connectivity index (χ0) is 15.4. The maximum absolute atomic E-state index is 11.7. The summed E-state index contributed by atoms with van der Waals surface area (Å²) in [5.41, 5.74) is 3.31. The molecule has 0 spiro atoms. The van der Waals surface area contributed by atoms with Gasteiger partial charge in [-0.25, -0.2) is 4.98 Å². The van der Waals surface area contributed by atoms with Crippen molar-refractivity contribution < 1.29 is 4.79 Å². The summed E-state index contributed by atoms with van der Waals surface area (Å²) >= 11 is 1.47. The molecule has 1 heterocycles. The first kappa shape index (κ1) is 15.7. The van der Waals surface area contributed by atoms with Gasteiger partial charge in [-0.15, -0.1) is 11.3 Å². The lowest BCUT2D eigenvalue weighted by molar-refractivity contribution is -0.116. The molecule has 0 saturated carbocycles. The SMILES string of the molecule is CC(C)CC(=O)Nc1nc(-c2ccc(C(C)C)cc2)cs1. The summed E-state index contributed by atoms with van der Waals surface area (Å²) in [6.45, 7) is 8.42. The van der Waals surface area contributed by atoms with Gasteiger partial charge in [0.05, 0.1) is 5.69 Å². The maximum Gasteiger partial charge on any atom is 0.226 e. The van der Waals surface area contributed by atoms with Gasteiger partial charge in [-0.1, -0.05) is 52.0 Å². The van der Waals surface area contributed by atoms with Crippen LogP contribution in [0, 0.1) is 5.92 Å². The number of amides is 1. The molecule has 0 aliphatic carbocycles. The average molecular weight is 302 g/mol. The Bertz CT molecular complexity index is 600. The predicted octanol–water partition coefficient (Wildman–Crippen LogP) is 4.92. The van der Waals surface area contributed by atoms with Gasteiger partial charge in [-0.2, -0.15) is 0 Å². The van der Waals surface area contributed by atoms with Gasteiger partial charge in [0, 0.05) is 17.4 Å². The number of carbonyl (C=O) groups is 1. The molecule has 0 bridgehead atoms. The molecule has 2 aromatic rings. The highest BCUT2D eigenvalue weighted by Gasteiger charge is 2.09. The van der Waals surface area contributed by atoms with E-state index >= 15 is 0 Å². The van der Waals surface area contributed by atoms with Crippen LogP contribution in [0.2, 0.25) is 0 Å². The van der Waals surface area contributed by atoms with Gasteiger partial charge in [-0.05, 0) is 17.4 Å². The van der Waals surface area contributed by atoms with E-state index in [0.29, 0.717) is 23.4 Å². The molecule has 0 aliphatic rings. The molecule has 0 atom stereocenters. The Morgan fingerprint density at radius 3 is 2.43 bits per heavy atom. The zero-order valence-electron chi connectivity index (χ0n) is 13.0. The smallest absolute Gasteiger partial charge is 0.226 e. The van der Waals surface area contributed by atoms with Crippen LogP contribution < -0.4 is 5.32 Å². The molecular weight excluding hydrogens is 280 g/mol. The molecule has 0 radical (unpaired) electrons. The molecule has 1 amide bonds. The van der Waals surface area contributed by atoms with Gasteiger partial charge < -0.3 is 5.32 Å². The highest BCUT2D eigenvalue weighted by molar-refractivity contribution is 7.14. The highest BCUT2D eigenvalue weighted by Crippen LogP contribution is 2.26. The van der Waals surface area contributed by atoms with E-state index in [1.54, 1.807) is 0 Å². The third-order valence-electron chi connectivity index (χ3n) is 3.22. The van der Waals surface area contributed by atoms with E-state index < -0.39 is 0 Å². The summed E-state index contributed by atoms with van der Waals surface area (Å²) in [5, 5.41) is 5.51. The molecule has 0 fully saturated rings. The fourth-order valence-corrected chi connectivity index (χ4v) is 2.78. The van der Waals surface area contributed by atoms with Crippen molar-refractivity contribution in [3.8, 4) is 11.3 Å². The fourth-order valence-electron chi connectivity index (χ4n) is 2.04. The molecule has 1 aromatic carbocycles. The number of hydrogen-bond donors (Lipinski definition) is 1. The van der Waals surface area contributed by atoms with Crippen LogP contribution in [-0.4, -0.2) is 10.9 Å². The van der Waals surface area contributed by atoms with E-state index in [2.05, 4.69) is 48.4 Å². The lowest BCUT2D eigenvalue weighted by atomic mass is 10.0. The maximum atomic E-state index is 11.7. The van der Waals surface area contributed by atoms with Crippen LogP contribution in [0.1, 0.15) is 45.6 Å². The van der Waals surface area contributed by atoms with Gasteiger partial charge in [0.25, 0.3) is 0 Å². The van der Waals surface area contributed by atoms with Gasteiger partial charge >= 0.3 is 0 Å². The molecule has 0 aliphatic heterocycles. The van der Waals surface area contributed by atoms with Gasteiger partial charge in [0.1, 0.15) is 0 Å². The van der Waals surface area contributed by atoms with Crippen molar-refractivity contribution >= 4 is 22.4 Å². The zero-order valence-corrected chi connectivity index (χ0v) is 13.8. The van der Waals surface area contributed by atoms with Crippen LogP contribution in [0.3, 0.4) is 0 Å². The van der Waals surface area contributed by atoms with E-state index in [1.807, 2.05) is 19.2 Å². The minimum atomic E-state index is 0.0288. The quantitative estimate of drug-likeness (QED) is 0.852. The van der Waals surface area contributed by atoms with Crippen LogP contribution in [0.15, 0.2) is 29.6 Å². The summed E-state index contributed by atoms with van der Waals surface area (Å²) in [6, 6.07) is 8.45. The number of benzene rings is 1. The third kappa shape index (κ3) is 4.39. The molecular formula is C17H22N2OS. The van der Waals surface area contributed by atoms with Crippen molar-refractivity contribution in [1.82, 2.24) is 4.98 Å². The fraction of sp³-hybridized carbons (Fsp3) is 0.412. The number of aromatic nitrogens is 1. The van der Waals surface area contributed by atoms with E-state index in [0.717, 1.165) is 11.3 Å². The standard InChI is InChI=1S/C17H22N2OS/c1-11(2)9-16(20)19-17-18-15(10-21-17)14-7-5-13(6-8-14)12(3)4/h5-8,10-12H,9H2,1-4H3,(H,18,19,20). The van der Waals surface area contributed by atoms with Crippen molar-refractivity contribution in [3.63, 3.8) is 0 Å². The Morgan fingerprint density at radius 2 is 1.86 bits per heavy atom. The second kappa shape index (κ2) is 6.85. The number of anilines is 1. The first-order chi connectivity index (χ1) is 9.95. The molecule has 2 rings (SSSR count). The van der Waals surface area contributed by atoms with Crippen LogP contribution in [-0.2, 0) is 4.79 Å². The summed E-state index contributed by atoms with van der Waals surface area (Å²) in [5.74, 6) is 0.912. The first-order valence-electron chi connectivity index (χ1n) is 7.31. The van der Waals surface area contributed by atoms with Crippen LogP contribution in [0.5, 0.6) is 0 Å². The van der Waals surface area contributed by atoms with Crippen molar-refractivity contribution in [2.45, 2.75) is 40.0 Å². The topological polar surface area (TPSA) is 42.0 Å². The van der Waals surface area contributed by atoms with Gasteiger partial charge in [0.2, 0.25) is 5.91 Å².